The van der Waals surface area contributed by atoms with Gasteiger partial charge in [0.05, 0.1) is 0 Å². The highest BCUT2D eigenvalue weighted by Gasteiger charge is 2.27. The number of piperidine rings is 1. The summed E-state index contributed by atoms with van der Waals surface area (Å²) < 4.78 is 0. The highest BCUT2D eigenvalue weighted by atomic mass is 16.2. The van der Waals surface area contributed by atoms with Gasteiger partial charge in [-0.2, -0.15) is 0 Å². The van der Waals surface area contributed by atoms with Crippen molar-refractivity contribution in [2.24, 2.45) is 0 Å². The maximum absolute atomic E-state index is 12.1. The zero-order valence-corrected chi connectivity index (χ0v) is 12.0. The predicted molar refractivity (Wildman–Crippen MR) is 78.4 cm³/mol. The molecule has 1 aromatic rings. The number of anilines is 1. The lowest BCUT2D eigenvalue weighted by molar-refractivity contribution is -0.144. The normalized spacial score (nSPS) is 16.7. The van der Waals surface area contributed by atoms with Crippen LogP contribution in [0, 0.1) is 0 Å². The van der Waals surface area contributed by atoms with Gasteiger partial charge in [0.25, 0.3) is 0 Å². The number of carbonyl (C=O) groups excluding carboxylic acids is 2. The van der Waals surface area contributed by atoms with Crippen LogP contribution in [0.15, 0.2) is 30.3 Å². The van der Waals surface area contributed by atoms with Crippen molar-refractivity contribution in [3.63, 3.8) is 0 Å². The molecule has 0 bridgehead atoms. The Labute approximate surface area is 119 Å². The van der Waals surface area contributed by atoms with Gasteiger partial charge in [0.15, 0.2) is 0 Å². The molecule has 2 amide bonds. The van der Waals surface area contributed by atoms with Crippen molar-refractivity contribution in [3.05, 3.63) is 30.3 Å². The number of hydrogen-bond acceptors (Lipinski definition) is 3. The van der Waals surface area contributed by atoms with Gasteiger partial charge in [-0.15, -0.1) is 0 Å². The largest absolute Gasteiger partial charge is 0.334 e. The molecule has 1 aliphatic heterocycles. The smallest absolute Gasteiger partial charge is 0.313 e. The van der Waals surface area contributed by atoms with Gasteiger partial charge in [0.2, 0.25) is 0 Å². The second kappa shape index (κ2) is 6.52. The van der Waals surface area contributed by atoms with Crippen molar-refractivity contribution in [2.75, 3.05) is 32.5 Å². The van der Waals surface area contributed by atoms with Gasteiger partial charge in [-0.1, -0.05) is 18.2 Å². The second-order valence-corrected chi connectivity index (χ2v) is 5.27. The first-order valence-corrected chi connectivity index (χ1v) is 6.89. The number of nitrogens with one attached hydrogen (secondary N) is 1. The van der Waals surface area contributed by atoms with Crippen LogP contribution in [-0.2, 0) is 9.59 Å². The number of rotatable bonds is 2. The quantitative estimate of drug-likeness (QED) is 0.825. The molecule has 2 rings (SSSR count). The minimum Gasteiger partial charge on any atom is -0.334 e. The first kappa shape index (κ1) is 14.5. The van der Waals surface area contributed by atoms with Crippen LogP contribution in [0.25, 0.3) is 0 Å². The van der Waals surface area contributed by atoms with E-state index in [0.29, 0.717) is 5.69 Å². The third kappa shape index (κ3) is 3.57. The molecule has 0 radical (unpaired) electrons. The van der Waals surface area contributed by atoms with E-state index in [9.17, 15) is 9.59 Å². The molecule has 5 heteroatoms. The Morgan fingerprint density at radius 1 is 1.20 bits per heavy atom. The van der Waals surface area contributed by atoms with Crippen LogP contribution < -0.4 is 5.32 Å². The molecular formula is C15H21N3O2. The van der Waals surface area contributed by atoms with Crippen LogP contribution in [0.2, 0.25) is 0 Å². The van der Waals surface area contributed by atoms with Gasteiger partial charge >= 0.3 is 11.8 Å². The van der Waals surface area contributed by atoms with Crippen LogP contribution in [0.3, 0.4) is 0 Å². The van der Waals surface area contributed by atoms with E-state index in [1.807, 2.05) is 18.2 Å². The molecule has 0 saturated carbocycles. The molecule has 5 nitrogen and oxygen atoms in total. The van der Waals surface area contributed by atoms with Crippen molar-refractivity contribution < 1.29 is 9.59 Å². The van der Waals surface area contributed by atoms with E-state index in [0.717, 1.165) is 25.9 Å². The van der Waals surface area contributed by atoms with Gasteiger partial charge in [-0.25, -0.2) is 0 Å². The number of hydrogen-bond donors (Lipinski definition) is 1. The number of benzene rings is 1. The summed E-state index contributed by atoms with van der Waals surface area (Å²) in [6.45, 7) is 1.92. The summed E-state index contributed by atoms with van der Waals surface area (Å²) in [6.07, 6.45) is 1.83. The van der Waals surface area contributed by atoms with E-state index in [1.165, 1.54) is 0 Å². The van der Waals surface area contributed by atoms with Crippen LogP contribution >= 0.6 is 0 Å². The van der Waals surface area contributed by atoms with Gasteiger partial charge in [0, 0.05) is 18.8 Å². The highest BCUT2D eigenvalue weighted by molar-refractivity contribution is 6.39. The lowest BCUT2D eigenvalue weighted by Gasteiger charge is -2.34. The Hall–Kier alpha value is -1.88. The van der Waals surface area contributed by atoms with Crippen LogP contribution in [0.4, 0.5) is 5.69 Å². The predicted octanol–water partition coefficient (Wildman–Crippen LogP) is 1.18. The van der Waals surface area contributed by atoms with E-state index in [1.54, 1.807) is 24.1 Å². The topological polar surface area (TPSA) is 52.7 Å². The average molecular weight is 275 g/mol. The second-order valence-electron chi connectivity index (χ2n) is 5.27. The lowest BCUT2D eigenvalue weighted by atomic mass is 10.0. The van der Waals surface area contributed by atoms with Gasteiger partial charge in [0.1, 0.15) is 0 Å². The first-order valence-electron chi connectivity index (χ1n) is 6.89. The molecule has 108 valence electrons. The Morgan fingerprint density at radius 3 is 2.40 bits per heavy atom. The Balaban J connectivity index is 1.91. The molecule has 1 saturated heterocycles. The number of amides is 2. The first-order chi connectivity index (χ1) is 9.58. The standard InChI is InChI=1S/C15H21N3O2/c1-17-10-8-13(9-11-17)18(2)15(20)14(19)16-12-6-4-3-5-7-12/h3-7,13H,8-11H2,1-2H3,(H,16,19). The van der Waals surface area contributed by atoms with E-state index in [-0.39, 0.29) is 6.04 Å². The zero-order chi connectivity index (χ0) is 14.5. The summed E-state index contributed by atoms with van der Waals surface area (Å²) in [5, 5.41) is 2.63. The fourth-order valence-corrected chi connectivity index (χ4v) is 2.41. The molecule has 0 aliphatic carbocycles. The van der Waals surface area contributed by atoms with Crippen LogP contribution in [0.1, 0.15) is 12.8 Å². The average Bonchev–Trinajstić information content (AvgIpc) is 2.47. The summed E-state index contributed by atoms with van der Waals surface area (Å²) in [4.78, 5) is 27.9. The third-order valence-corrected chi connectivity index (χ3v) is 3.78. The van der Waals surface area contributed by atoms with Crippen LogP contribution in [-0.4, -0.2) is 54.8 Å². The zero-order valence-electron chi connectivity index (χ0n) is 12.0. The Bertz CT molecular complexity index is 467. The highest BCUT2D eigenvalue weighted by Crippen LogP contribution is 2.14. The number of likely N-dealkylation sites (tertiary alicyclic amines) is 1. The fraction of sp³-hybridized carbons (Fsp3) is 0.467. The third-order valence-electron chi connectivity index (χ3n) is 3.78. The molecule has 0 unspecified atom stereocenters. The monoisotopic (exact) mass is 275 g/mol. The summed E-state index contributed by atoms with van der Waals surface area (Å²) in [6, 6.07) is 9.19. The molecule has 1 aliphatic rings. The molecule has 0 aromatic heterocycles. The number of carbonyl (C=O) groups is 2. The van der Waals surface area contributed by atoms with E-state index in [2.05, 4.69) is 17.3 Å². The number of likely N-dealkylation sites (N-methyl/N-ethyl adjacent to an activating group) is 1. The fourth-order valence-electron chi connectivity index (χ4n) is 2.41. The Kier molecular flexibility index (Phi) is 4.74. The van der Waals surface area contributed by atoms with Gasteiger partial charge in [-0.3, -0.25) is 9.59 Å². The molecule has 0 atom stereocenters. The maximum atomic E-state index is 12.1. The van der Waals surface area contributed by atoms with Crippen LogP contribution in [0.5, 0.6) is 0 Å². The van der Waals surface area contributed by atoms with Crippen molar-refractivity contribution in [1.82, 2.24) is 9.80 Å². The SMILES string of the molecule is CN1CCC(N(C)C(=O)C(=O)Nc2ccccc2)CC1. The molecule has 1 aromatic carbocycles. The molecular weight excluding hydrogens is 254 g/mol. The maximum Gasteiger partial charge on any atom is 0.313 e. The van der Waals surface area contributed by atoms with Gasteiger partial charge in [-0.05, 0) is 45.1 Å². The lowest BCUT2D eigenvalue weighted by Crippen LogP contribution is -2.47. The minimum absolute atomic E-state index is 0.153. The van der Waals surface area contributed by atoms with Gasteiger partial charge < -0.3 is 15.1 Å². The molecule has 1 heterocycles. The van der Waals surface area contributed by atoms with Crippen molar-refractivity contribution in [3.8, 4) is 0 Å². The van der Waals surface area contributed by atoms with Crippen molar-refractivity contribution in [2.45, 2.75) is 18.9 Å². The van der Waals surface area contributed by atoms with E-state index < -0.39 is 11.8 Å². The molecule has 0 spiro atoms. The van der Waals surface area contributed by atoms with Crippen molar-refractivity contribution in [1.29, 1.82) is 0 Å². The number of para-hydroxylation sites is 1. The molecule has 1 fully saturated rings. The van der Waals surface area contributed by atoms with E-state index >= 15 is 0 Å². The summed E-state index contributed by atoms with van der Waals surface area (Å²) in [5.41, 5.74) is 0.641. The van der Waals surface area contributed by atoms with Crippen molar-refractivity contribution >= 4 is 17.5 Å². The summed E-state index contributed by atoms with van der Waals surface area (Å²) in [7, 11) is 3.78. The summed E-state index contributed by atoms with van der Waals surface area (Å²) >= 11 is 0. The Morgan fingerprint density at radius 2 is 1.80 bits per heavy atom. The number of nitrogens with zero attached hydrogens (tertiary/aromatic N) is 2. The summed E-state index contributed by atoms with van der Waals surface area (Å²) in [5.74, 6) is -1.04. The molecule has 20 heavy (non-hydrogen) atoms. The minimum atomic E-state index is -0.572. The molecule has 1 N–H and O–H groups in total. The van der Waals surface area contributed by atoms with E-state index in [4.69, 9.17) is 0 Å².